The molecule has 0 spiro atoms. The summed E-state index contributed by atoms with van der Waals surface area (Å²) in [5, 5.41) is 6.56. The summed E-state index contributed by atoms with van der Waals surface area (Å²) in [6.45, 7) is 4.92. The van der Waals surface area contributed by atoms with E-state index in [0.29, 0.717) is 36.1 Å². The van der Waals surface area contributed by atoms with E-state index in [1.165, 1.54) is 7.11 Å². The molecule has 0 bridgehead atoms. The second kappa shape index (κ2) is 9.51. The Balaban J connectivity index is 1.49. The zero-order chi connectivity index (χ0) is 20.8. The molecule has 1 aromatic heterocycles. The molecule has 1 aliphatic heterocycles. The molecule has 156 valence electrons. The highest BCUT2D eigenvalue weighted by atomic mass is 16.5. The quantitative estimate of drug-likeness (QED) is 0.753. The Morgan fingerprint density at radius 2 is 1.97 bits per heavy atom. The van der Waals surface area contributed by atoms with Crippen LogP contribution in [-0.4, -0.2) is 59.8 Å². The van der Waals surface area contributed by atoms with Gasteiger partial charge in [-0.25, -0.2) is 0 Å². The van der Waals surface area contributed by atoms with E-state index in [2.05, 4.69) is 15.5 Å². The predicted octanol–water partition coefficient (Wildman–Crippen LogP) is 1.89. The number of benzene rings is 1. The summed E-state index contributed by atoms with van der Waals surface area (Å²) in [6, 6.07) is 6.60. The standard InChI is InChI=1S/C20H26N4O5/c1-13(20-22-14(2)23-29-20)21-19(26)15-4-6-16(7-5-15)28-17-8-10-24(11-9-17)18(25)12-27-3/h4-7,13,17H,8-12H2,1-3H3,(H,21,26)/t13-/m0/s1. The van der Waals surface area contributed by atoms with Crippen LogP contribution in [-0.2, 0) is 9.53 Å². The first kappa shape index (κ1) is 20.8. The van der Waals surface area contributed by atoms with Gasteiger partial charge < -0.3 is 24.2 Å². The maximum atomic E-state index is 12.4. The van der Waals surface area contributed by atoms with Crippen molar-refractivity contribution in [1.29, 1.82) is 0 Å². The van der Waals surface area contributed by atoms with Crippen LogP contribution in [0.5, 0.6) is 5.75 Å². The van der Waals surface area contributed by atoms with E-state index < -0.39 is 0 Å². The molecule has 1 aliphatic rings. The van der Waals surface area contributed by atoms with Gasteiger partial charge in [0.2, 0.25) is 11.8 Å². The van der Waals surface area contributed by atoms with E-state index in [4.69, 9.17) is 14.0 Å². The van der Waals surface area contributed by atoms with Crippen molar-refractivity contribution in [3.8, 4) is 5.75 Å². The molecule has 3 rings (SSSR count). The largest absolute Gasteiger partial charge is 0.490 e. The van der Waals surface area contributed by atoms with Gasteiger partial charge in [-0.2, -0.15) is 4.98 Å². The third-order valence-electron chi connectivity index (χ3n) is 4.74. The number of nitrogens with one attached hydrogen (secondary N) is 1. The van der Waals surface area contributed by atoms with Gasteiger partial charge >= 0.3 is 0 Å². The molecule has 29 heavy (non-hydrogen) atoms. The zero-order valence-electron chi connectivity index (χ0n) is 16.9. The number of piperidine rings is 1. The van der Waals surface area contributed by atoms with Gasteiger partial charge in [0.15, 0.2) is 5.82 Å². The third kappa shape index (κ3) is 5.54. The van der Waals surface area contributed by atoms with Crippen molar-refractivity contribution in [2.75, 3.05) is 26.8 Å². The van der Waals surface area contributed by atoms with Crippen molar-refractivity contribution < 1.29 is 23.6 Å². The van der Waals surface area contributed by atoms with Crippen LogP contribution >= 0.6 is 0 Å². The van der Waals surface area contributed by atoms with Gasteiger partial charge in [-0.15, -0.1) is 0 Å². The topological polar surface area (TPSA) is 107 Å². The van der Waals surface area contributed by atoms with Crippen LogP contribution in [0.15, 0.2) is 28.8 Å². The molecule has 0 radical (unpaired) electrons. The molecule has 1 atom stereocenters. The van der Waals surface area contributed by atoms with E-state index in [1.807, 2.05) is 0 Å². The highest BCUT2D eigenvalue weighted by Crippen LogP contribution is 2.20. The fourth-order valence-electron chi connectivity index (χ4n) is 3.15. The second-order valence-corrected chi connectivity index (χ2v) is 7.03. The first-order chi connectivity index (χ1) is 14.0. The van der Waals surface area contributed by atoms with Gasteiger partial charge in [0, 0.05) is 38.6 Å². The summed E-state index contributed by atoms with van der Waals surface area (Å²) >= 11 is 0. The maximum absolute atomic E-state index is 12.4. The van der Waals surface area contributed by atoms with Crippen LogP contribution in [0.25, 0.3) is 0 Å². The van der Waals surface area contributed by atoms with Crippen LogP contribution in [0.2, 0.25) is 0 Å². The zero-order valence-corrected chi connectivity index (χ0v) is 16.9. The van der Waals surface area contributed by atoms with Gasteiger partial charge in [-0.1, -0.05) is 5.16 Å². The number of hydrogen-bond acceptors (Lipinski definition) is 7. The second-order valence-electron chi connectivity index (χ2n) is 7.03. The Labute approximate surface area is 169 Å². The van der Waals surface area contributed by atoms with E-state index in [-0.39, 0.29) is 30.6 Å². The average molecular weight is 402 g/mol. The number of hydrogen-bond donors (Lipinski definition) is 1. The highest BCUT2D eigenvalue weighted by Gasteiger charge is 2.24. The first-order valence-electron chi connectivity index (χ1n) is 9.60. The maximum Gasteiger partial charge on any atom is 0.251 e. The summed E-state index contributed by atoms with van der Waals surface area (Å²) in [5.41, 5.74) is 0.514. The lowest BCUT2D eigenvalue weighted by atomic mass is 10.1. The Morgan fingerprint density at radius 3 is 2.55 bits per heavy atom. The molecular formula is C20H26N4O5. The monoisotopic (exact) mass is 402 g/mol. The van der Waals surface area contributed by atoms with E-state index in [9.17, 15) is 9.59 Å². The van der Waals surface area contributed by atoms with Crippen LogP contribution in [0.4, 0.5) is 0 Å². The van der Waals surface area contributed by atoms with Crippen molar-refractivity contribution in [1.82, 2.24) is 20.4 Å². The molecule has 1 fully saturated rings. The molecule has 2 amide bonds. The van der Waals surface area contributed by atoms with Crippen LogP contribution in [0, 0.1) is 6.92 Å². The van der Waals surface area contributed by atoms with E-state index in [0.717, 1.165) is 12.8 Å². The fourth-order valence-corrected chi connectivity index (χ4v) is 3.15. The lowest BCUT2D eigenvalue weighted by molar-refractivity contribution is -0.136. The lowest BCUT2D eigenvalue weighted by Gasteiger charge is -2.32. The predicted molar refractivity (Wildman–Crippen MR) is 103 cm³/mol. The van der Waals surface area contributed by atoms with E-state index in [1.54, 1.807) is 43.0 Å². The number of nitrogens with zero attached hydrogens (tertiary/aromatic N) is 3. The average Bonchev–Trinajstić information content (AvgIpc) is 3.16. The molecule has 1 saturated heterocycles. The summed E-state index contributed by atoms with van der Waals surface area (Å²) in [5.74, 6) is 1.36. The van der Waals surface area contributed by atoms with Crippen molar-refractivity contribution in [2.24, 2.45) is 0 Å². The van der Waals surface area contributed by atoms with Crippen molar-refractivity contribution in [3.05, 3.63) is 41.5 Å². The van der Waals surface area contributed by atoms with Crippen LogP contribution in [0.3, 0.4) is 0 Å². The molecule has 2 aromatic rings. The van der Waals surface area contributed by atoms with Crippen LogP contribution < -0.4 is 10.1 Å². The Morgan fingerprint density at radius 1 is 1.28 bits per heavy atom. The van der Waals surface area contributed by atoms with Crippen molar-refractivity contribution in [2.45, 2.75) is 38.8 Å². The number of rotatable bonds is 7. The number of aryl methyl sites for hydroxylation is 1. The molecule has 1 N–H and O–H groups in total. The van der Waals surface area contributed by atoms with Crippen molar-refractivity contribution in [3.63, 3.8) is 0 Å². The molecule has 9 heteroatoms. The molecule has 2 heterocycles. The van der Waals surface area contributed by atoms with E-state index >= 15 is 0 Å². The minimum Gasteiger partial charge on any atom is -0.490 e. The van der Waals surface area contributed by atoms with Crippen molar-refractivity contribution >= 4 is 11.8 Å². The SMILES string of the molecule is COCC(=O)N1CCC(Oc2ccc(C(=O)N[C@@H](C)c3nc(C)no3)cc2)CC1. The summed E-state index contributed by atoms with van der Waals surface area (Å²) < 4.78 is 16.0. The summed E-state index contributed by atoms with van der Waals surface area (Å²) in [7, 11) is 1.52. The third-order valence-corrected chi connectivity index (χ3v) is 4.74. The van der Waals surface area contributed by atoms with Gasteiger partial charge in [-0.05, 0) is 38.1 Å². The molecular weight excluding hydrogens is 376 g/mol. The minimum absolute atomic E-state index is 0.00577. The highest BCUT2D eigenvalue weighted by molar-refractivity contribution is 5.94. The number of ether oxygens (including phenoxy) is 2. The van der Waals surface area contributed by atoms with Gasteiger partial charge in [0.25, 0.3) is 5.91 Å². The number of methoxy groups -OCH3 is 1. The molecule has 0 saturated carbocycles. The fraction of sp³-hybridized carbons (Fsp3) is 0.500. The lowest BCUT2D eigenvalue weighted by Crippen LogP contribution is -2.43. The molecule has 0 unspecified atom stereocenters. The first-order valence-corrected chi connectivity index (χ1v) is 9.60. The molecule has 0 aliphatic carbocycles. The van der Waals surface area contributed by atoms with Crippen LogP contribution in [0.1, 0.15) is 47.9 Å². The minimum atomic E-state index is -0.384. The number of carbonyl (C=O) groups excluding carboxylic acids is 2. The number of aromatic nitrogens is 2. The van der Waals surface area contributed by atoms with Gasteiger partial charge in [-0.3, -0.25) is 9.59 Å². The Kier molecular flexibility index (Phi) is 6.82. The molecule has 9 nitrogen and oxygen atoms in total. The number of carbonyl (C=O) groups is 2. The number of amides is 2. The summed E-state index contributed by atoms with van der Waals surface area (Å²) in [6.07, 6.45) is 1.57. The molecule has 1 aromatic carbocycles. The Bertz CT molecular complexity index is 828. The normalized spacial score (nSPS) is 15.8. The summed E-state index contributed by atoms with van der Waals surface area (Å²) in [4.78, 5) is 30.2. The van der Waals surface area contributed by atoms with Gasteiger partial charge in [0.05, 0.1) is 0 Å². The number of likely N-dealkylation sites (tertiary alicyclic amines) is 1. The smallest absolute Gasteiger partial charge is 0.251 e. The Hall–Kier alpha value is -2.94. The van der Waals surface area contributed by atoms with Gasteiger partial charge in [0.1, 0.15) is 24.5 Å².